The molecule has 0 bridgehead atoms. The molecule has 0 saturated carbocycles. The van der Waals surface area contributed by atoms with E-state index in [2.05, 4.69) is 20.2 Å². The number of rotatable bonds is 9. The number of aromatic nitrogens is 2. The maximum absolute atomic E-state index is 12.0. The molecule has 33 heavy (non-hydrogen) atoms. The van der Waals surface area contributed by atoms with Gasteiger partial charge in [0.15, 0.2) is 5.78 Å². The summed E-state index contributed by atoms with van der Waals surface area (Å²) in [5, 5.41) is 13.2. The summed E-state index contributed by atoms with van der Waals surface area (Å²) in [6.45, 7) is 3.15. The number of benzene rings is 2. The highest BCUT2D eigenvalue weighted by Gasteiger charge is 2.25. The Hall–Kier alpha value is -3.49. The molecular formula is C25H29N5O3. The van der Waals surface area contributed by atoms with Gasteiger partial charge >= 0.3 is 0 Å². The van der Waals surface area contributed by atoms with Gasteiger partial charge in [0.1, 0.15) is 24.3 Å². The lowest BCUT2D eigenvalue weighted by atomic mass is 10.0. The third kappa shape index (κ3) is 5.47. The number of Topliss-reactive ketones (excluding diaryl/α,β-unsaturated/α-hetero) is 1. The number of aliphatic hydroxyl groups is 1. The first-order chi connectivity index (χ1) is 15.9. The van der Waals surface area contributed by atoms with Crippen molar-refractivity contribution in [3.8, 4) is 5.75 Å². The van der Waals surface area contributed by atoms with Crippen molar-refractivity contribution in [3.63, 3.8) is 0 Å². The molecule has 1 aliphatic heterocycles. The molecule has 1 aromatic heterocycles. The smallest absolute Gasteiger partial charge is 0.229 e. The predicted molar refractivity (Wildman–Crippen MR) is 129 cm³/mol. The van der Waals surface area contributed by atoms with Crippen LogP contribution < -0.4 is 15.0 Å². The fourth-order valence-corrected chi connectivity index (χ4v) is 3.99. The van der Waals surface area contributed by atoms with E-state index in [1.807, 2.05) is 67.5 Å². The monoisotopic (exact) mass is 447 g/mol. The van der Waals surface area contributed by atoms with Crippen molar-refractivity contribution in [3.05, 3.63) is 65.9 Å². The summed E-state index contributed by atoms with van der Waals surface area (Å²) in [4.78, 5) is 25.0. The average Bonchev–Trinajstić information content (AvgIpc) is 3.22. The van der Waals surface area contributed by atoms with Crippen LogP contribution in [0.25, 0.3) is 0 Å². The zero-order chi connectivity index (χ0) is 23.4. The molecule has 2 N–H and O–H groups in total. The number of fused-ring (bicyclic) bond motifs is 1. The average molecular weight is 448 g/mol. The highest BCUT2D eigenvalue weighted by atomic mass is 16.5. The van der Waals surface area contributed by atoms with E-state index < -0.39 is 6.10 Å². The third-order valence-corrected chi connectivity index (χ3v) is 5.45. The van der Waals surface area contributed by atoms with Crippen molar-refractivity contribution >= 4 is 28.9 Å². The first-order valence-electron chi connectivity index (χ1n) is 11.0. The standard InChI is InChI=1S/C25H29N5O3/c1-17(31)21-5-4-6-23-22(21)12-14-30(23)24-11-13-26-25(28-24)27-18-7-9-20(10-8-18)33-16-19(32)15-29(2)3/h4-11,13,19,32H,12,14-16H2,1-3H3,(H,26,27,28). The van der Waals surface area contributed by atoms with Crippen LogP contribution in [0.15, 0.2) is 54.7 Å². The summed E-state index contributed by atoms with van der Waals surface area (Å²) in [6, 6.07) is 15.1. The molecule has 0 aliphatic carbocycles. The molecule has 4 rings (SSSR count). The van der Waals surface area contributed by atoms with E-state index in [1.54, 1.807) is 13.1 Å². The molecule has 8 nitrogen and oxygen atoms in total. The maximum Gasteiger partial charge on any atom is 0.229 e. The first-order valence-corrected chi connectivity index (χ1v) is 11.0. The fourth-order valence-electron chi connectivity index (χ4n) is 3.99. The molecule has 0 amide bonds. The molecule has 0 radical (unpaired) electrons. The number of ketones is 1. The highest BCUT2D eigenvalue weighted by Crippen LogP contribution is 2.36. The molecule has 0 fully saturated rings. The zero-order valence-electron chi connectivity index (χ0n) is 19.2. The third-order valence-electron chi connectivity index (χ3n) is 5.45. The number of hydrogen-bond donors (Lipinski definition) is 2. The summed E-state index contributed by atoms with van der Waals surface area (Å²) in [7, 11) is 3.82. The minimum Gasteiger partial charge on any atom is -0.491 e. The van der Waals surface area contributed by atoms with E-state index >= 15 is 0 Å². The summed E-state index contributed by atoms with van der Waals surface area (Å²) >= 11 is 0. The van der Waals surface area contributed by atoms with Crippen molar-refractivity contribution < 1.29 is 14.6 Å². The Labute approximate surface area is 193 Å². The Bertz CT molecular complexity index is 1120. The second-order valence-corrected chi connectivity index (χ2v) is 8.38. The molecule has 172 valence electrons. The Balaban J connectivity index is 1.43. The number of nitrogens with one attached hydrogen (secondary N) is 1. The van der Waals surface area contributed by atoms with Crippen molar-refractivity contribution in [2.75, 3.05) is 44.0 Å². The minimum absolute atomic E-state index is 0.0818. The van der Waals surface area contributed by atoms with Gasteiger partial charge in [0.25, 0.3) is 0 Å². The summed E-state index contributed by atoms with van der Waals surface area (Å²) < 4.78 is 5.65. The Morgan fingerprint density at radius 1 is 1.21 bits per heavy atom. The van der Waals surface area contributed by atoms with Gasteiger partial charge in [-0.3, -0.25) is 4.79 Å². The number of nitrogens with zero attached hydrogens (tertiary/aromatic N) is 4. The SMILES string of the molecule is CC(=O)c1cccc2c1CCN2c1ccnc(Nc2ccc(OCC(O)CN(C)C)cc2)n1. The maximum atomic E-state index is 12.0. The number of carbonyl (C=O) groups excluding carboxylic acids is 1. The zero-order valence-corrected chi connectivity index (χ0v) is 19.2. The minimum atomic E-state index is -0.545. The number of carbonyl (C=O) groups is 1. The summed E-state index contributed by atoms with van der Waals surface area (Å²) in [5.41, 5.74) is 3.70. The van der Waals surface area contributed by atoms with Crippen molar-refractivity contribution in [1.82, 2.24) is 14.9 Å². The lowest BCUT2D eigenvalue weighted by molar-refractivity contribution is 0.0831. The van der Waals surface area contributed by atoms with E-state index in [4.69, 9.17) is 4.74 Å². The molecule has 2 heterocycles. The molecule has 0 spiro atoms. The first kappa shape index (κ1) is 22.7. The van der Waals surface area contributed by atoms with Gasteiger partial charge in [-0.15, -0.1) is 0 Å². The van der Waals surface area contributed by atoms with E-state index in [0.717, 1.165) is 41.3 Å². The quantitative estimate of drug-likeness (QED) is 0.482. The van der Waals surface area contributed by atoms with Crippen molar-refractivity contribution in [2.45, 2.75) is 19.4 Å². The number of anilines is 4. The van der Waals surface area contributed by atoms with Crippen LogP contribution in [0.3, 0.4) is 0 Å². The molecular weight excluding hydrogens is 418 g/mol. The molecule has 1 aliphatic rings. The highest BCUT2D eigenvalue weighted by molar-refractivity contribution is 5.97. The van der Waals surface area contributed by atoms with Crippen LogP contribution in [-0.2, 0) is 6.42 Å². The number of ether oxygens (including phenoxy) is 1. The van der Waals surface area contributed by atoms with Gasteiger partial charge in [0.2, 0.25) is 5.95 Å². The molecule has 2 aromatic carbocycles. The second-order valence-electron chi connectivity index (χ2n) is 8.38. The van der Waals surface area contributed by atoms with Crippen LogP contribution in [0.5, 0.6) is 5.75 Å². The topological polar surface area (TPSA) is 90.8 Å². The van der Waals surface area contributed by atoms with Gasteiger partial charge in [0.05, 0.1) is 0 Å². The molecule has 0 saturated heterocycles. The lowest BCUT2D eigenvalue weighted by Gasteiger charge is -2.19. The normalized spacial score (nSPS) is 13.7. The summed E-state index contributed by atoms with van der Waals surface area (Å²) in [5.74, 6) is 2.03. The number of likely N-dealkylation sites (N-methyl/N-ethyl adjacent to an activating group) is 1. The van der Waals surface area contributed by atoms with E-state index in [1.165, 1.54) is 0 Å². The Morgan fingerprint density at radius 2 is 2.00 bits per heavy atom. The molecule has 1 unspecified atom stereocenters. The van der Waals surface area contributed by atoms with Gasteiger partial charge in [0, 0.05) is 36.2 Å². The van der Waals surface area contributed by atoms with Crippen LogP contribution in [0.2, 0.25) is 0 Å². The van der Waals surface area contributed by atoms with Crippen LogP contribution in [-0.4, -0.2) is 65.7 Å². The van der Waals surface area contributed by atoms with Crippen molar-refractivity contribution in [2.24, 2.45) is 0 Å². The molecule has 8 heteroatoms. The Morgan fingerprint density at radius 3 is 2.73 bits per heavy atom. The van der Waals surface area contributed by atoms with E-state index in [-0.39, 0.29) is 12.4 Å². The number of hydrogen-bond acceptors (Lipinski definition) is 8. The lowest BCUT2D eigenvalue weighted by Crippen LogP contribution is -2.30. The van der Waals surface area contributed by atoms with E-state index in [0.29, 0.717) is 18.2 Å². The van der Waals surface area contributed by atoms with Gasteiger partial charge in [-0.1, -0.05) is 12.1 Å². The molecule has 3 aromatic rings. The summed E-state index contributed by atoms with van der Waals surface area (Å²) in [6.07, 6.45) is 1.99. The van der Waals surface area contributed by atoms with Gasteiger partial charge in [-0.2, -0.15) is 4.98 Å². The van der Waals surface area contributed by atoms with Crippen LogP contribution >= 0.6 is 0 Å². The van der Waals surface area contributed by atoms with Crippen LogP contribution in [0.4, 0.5) is 23.1 Å². The predicted octanol–water partition coefficient (Wildman–Crippen LogP) is 3.42. The molecule has 1 atom stereocenters. The largest absolute Gasteiger partial charge is 0.491 e. The van der Waals surface area contributed by atoms with Crippen molar-refractivity contribution in [1.29, 1.82) is 0 Å². The fraction of sp³-hybridized carbons (Fsp3) is 0.320. The number of aliphatic hydroxyl groups excluding tert-OH is 1. The van der Waals surface area contributed by atoms with E-state index in [9.17, 15) is 9.90 Å². The van der Waals surface area contributed by atoms with Crippen LogP contribution in [0.1, 0.15) is 22.8 Å². The van der Waals surface area contributed by atoms with Gasteiger partial charge < -0.3 is 25.0 Å². The van der Waals surface area contributed by atoms with Gasteiger partial charge in [-0.25, -0.2) is 4.98 Å². The second kappa shape index (κ2) is 9.97. The Kier molecular flexibility index (Phi) is 6.86. The van der Waals surface area contributed by atoms with Gasteiger partial charge in [-0.05, 0) is 69.4 Å². The van der Waals surface area contributed by atoms with Crippen LogP contribution in [0, 0.1) is 0 Å².